The smallest absolute Gasteiger partial charge is 0.191 e. The van der Waals surface area contributed by atoms with Gasteiger partial charge < -0.3 is 10.6 Å². The first-order valence-corrected chi connectivity index (χ1v) is 11.3. The molecule has 1 unspecified atom stereocenters. The molecule has 1 fully saturated rings. The van der Waals surface area contributed by atoms with Crippen LogP contribution in [-0.2, 0) is 26.7 Å². The zero-order chi connectivity index (χ0) is 21.5. The van der Waals surface area contributed by atoms with Crippen LogP contribution in [0.4, 0.5) is 0 Å². The molecule has 0 radical (unpaired) electrons. The lowest BCUT2D eigenvalue weighted by molar-refractivity contribution is 0.152. The summed E-state index contributed by atoms with van der Waals surface area (Å²) >= 11 is 0. The normalized spacial score (nSPS) is 17.3. The van der Waals surface area contributed by atoms with Gasteiger partial charge in [0.15, 0.2) is 5.96 Å². The molecule has 2 N–H and O–H groups in total. The fraction of sp³-hybridized carbons (Fsp3) is 0.583. The van der Waals surface area contributed by atoms with E-state index in [1.54, 1.807) is 0 Å². The zero-order valence-corrected chi connectivity index (χ0v) is 22.1. The lowest BCUT2D eigenvalue weighted by Crippen LogP contribution is -2.37. The molecule has 1 saturated heterocycles. The third-order valence-corrected chi connectivity index (χ3v) is 6.28. The Morgan fingerprint density at radius 3 is 2.55 bits per heavy atom. The van der Waals surface area contributed by atoms with Crippen LogP contribution in [0.1, 0.15) is 61.2 Å². The van der Waals surface area contributed by atoms with Crippen molar-refractivity contribution >= 4 is 29.9 Å². The third-order valence-electron chi connectivity index (χ3n) is 6.28. The highest BCUT2D eigenvalue weighted by Gasteiger charge is 2.19. The molecule has 1 atom stereocenters. The number of likely N-dealkylation sites (tertiary alicyclic amines) is 1. The molecule has 2 heterocycles. The van der Waals surface area contributed by atoms with Crippen LogP contribution in [0, 0.1) is 13.8 Å². The van der Waals surface area contributed by atoms with Crippen LogP contribution in [0.2, 0.25) is 0 Å². The molecule has 3 rings (SSSR count). The molecule has 7 heteroatoms. The number of hydrogen-bond donors (Lipinski definition) is 2. The van der Waals surface area contributed by atoms with E-state index < -0.39 is 0 Å². The molecule has 0 saturated carbocycles. The summed E-state index contributed by atoms with van der Waals surface area (Å²) in [5.41, 5.74) is 6.20. The Bertz CT molecular complexity index is 860. The Hall–Kier alpha value is -1.61. The van der Waals surface area contributed by atoms with Gasteiger partial charge >= 0.3 is 0 Å². The van der Waals surface area contributed by atoms with Crippen molar-refractivity contribution in [1.29, 1.82) is 0 Å². The summed E-state index contributed by atoms with van der Waals surface area (Å²) < 4.78 is 1.94. The number of aliphatic imine (C=N–C) groups is 1. The van der Waals surface area contributed by atoms with Crippen molar-refractivity contribution in [3.8, 4) is 0 Å². The Balaban J connectivity index is 0.00000341. The molecule has 1 aliphatic rings. The minimum atomic E-state index is 0. The average molecular weight is 539 g/mol. The molecular formula is C24H39IN6. The first-order chi connectivity index (χ1) is 14.5. The SMILES string of the molecule is CCNC(=NCc1ccccc1CN1CCCCC1C)NCc1c(C)nn(C)c1C.I. The van der Waals surface area contributed by atoms with Crippen molar-refractivity contribution in [2.24, 2.45) is 12.0 Å². The largest absolute Gasteiger partial charge is 0.357 e. The van der Waals surface area contributed by atoms with E-state index in [0.29, 0.717) is 12.6 Å². The molecule has 172 valence electrons. The number of guanidine groups is 1. The maximum Gasteiger partial charge on any atom is 0.191 e. The Labute approximate surface area is 204 Å². The fourth-order valence-corrected chi connectivity index (χ4v) is 4.23. The molecule has 0 bridgehead atoms. The molecule has 0 spiro atoms. The van der Waals surface area contributed by atoms with E-state index in [0.717, 1.165) is 31.3 Å². The van der Waals surface area contributed by atoms with Gasteiger partial charge in [-0.05, 0) is 58.2 Å². The second kappa shape index (κ2) is 12.4. The van der Waals surface area contributed by atoms with Crippen molar-refractivity contribution in [1.82, 2.24) is 25.3 Å². The number of benzene rings is 1. The maximum absolute atomic E-state index is 4.89. The summed E-state index contributed by atoms with van der Waals surface area (Å²) in [6.07, 6.45) is 3.98. The van der Waals surface area contributed by atoms with Gasteiger partial charge in [0.25, 0.3) is 0 Å². The molecule has 1 aromatic carbocycles. The molecule has 2 aromatic rings. The number of nitrogens with zero attached hydrogens (tertiary/aromatic N) is 4. The monoisotopic (exact) mass is 538 g/mol. The number of piperidine rings is 1. The van der Waals surface area contributed by atoms with Crippen LogP contribution >= 0.6 is 24.0 Å². The summed E-state index contributed by atoms with van der Waals surface area (Å²) in [5, 5.41) is 11.4. The number of hydrogen-bond acceptors (Lipinski definition) is 3. The zero-order valence-electron chi connectivity index (χ0n) is 19.7. The van der Waals surface area contributed by atoms with Gasteiger partial charge in [0.05, 0.1) is 12.2 Å². The number of aromatic nitrogens is 2. The summed E-state index contributed by atoms with van der Waals surface area (Å²) in [7, 11) is 1.99. The maximum atomic E-state index is 4.89. The van der Waals surface area contributed by atoms with Crippen molar-refractivity contribution in [2.75, 3.05) is 13.1 Å². The van der Waals surface area contributed by atoms with Gasteiger partial charge in [0, 0.05) is 44.0 Å². The van der Waals surface area contributed by atoms with Gasteiger partial charge in [-0.1, -0.05) is 30.7 Å². The molecule has 1 aromatic heterocycles. The number of aryl methyl sites for hydroxylation is 2. The van der Waals surface area contributed by atoms with Crippen molar-refractivity contribution < 1.29 is 0 Å². The Kier molecular flexibility index (Phi) is 10.3. The first kappa shape index (κ1) is 25.6. The van der Waals surface area contributed by atoms with Gasteiger partial charge in [0.2, 0.25) is 0 Å². The summed E-state index contributed by atoms with van der Waals surface area (Å²) in [5.74, 6) is 0.848. The number of halogens is 1. The topological polar surface area (TPSA) is 57.5 Å². The predicted octanol–water partition coefficient (Wildman–Crippen LogP) is 4.28. The van der Waals surface area contributed by atoms with Crippen LogP contribution in [0.3, 0.4) is 0 Å². The minimum absolute atomic E-state index is 0. The van der Waals surface area contributed by atoms with E-state index in [1.807, 2.05) is 11.7 Å². The van der Waals surface area contributed by atoms with E-state index in [9.17, 15) is 0 Å². The quantitative estimate of drug-likeness (QED) is 0.314. The van der Waals surface area contributed by atoms with Crippen LogP contribution in [0.25, 0.3) is 0 Å². The molecule has 31 heavy (non-hydrogen) atoms. The lowest BCUT2D eigenvalue weighted by atomic mass is 10.0. The summed E-state index contributed by atoms with van der Waals surface area (Å²) in [6.45, 7) is 13.1. The van der Waals surface area contributed by atoms with Crippen LogP contribution in [-0.4, -0.2) is 39.8 Å². The highest BCUT2D eigenvalue weighted by Crippen LogP contribution is 2.21. The van der Waals surface area contributed by atoms with E-state index in [1.165, 1.54) is 48.2 Å². The fourth-order valence-electron chi connectivity index (χ4n) is 4.23. The third kappa shape index (κ3) is 6.94. The van der Waals surface area contributed by atoms with E-state index in [2.05, 4.69) is 72.6 Å². The molecule has 6 nitrogen and oxygen atoms in total. The van der Waals surface area contributed by atoms with Gasteiger partial charge in [-0.25, -0.2) is 4.99 Å². The Morgan fingerprint density at radius 1 is 1.16 bits per heavy atom. The van der Waals surface area contributed by atoms with Crippen molar-refractivity contribution in [2.45, 2.75) is 72.6 Å². The van der Waals surface area contributed by atoms with Crippen molar-refractivity contribution in [3.63, 3.8) is 0 Å². The van der Waals surface area contributed by atoms with Gasteiger partial charge in [0.1, 0.15) is 0 Å². The van der Waals surface area contributed by atoms with Gasteiger partial charge in [-0.3, -0.25) is 9.58 Å². The van der Waals surface area contributed by atoms with Crippen LogP contribution in [0.15, 0.2) is 29.3 Å². The number of nitrogens with one attached hydrogen (secondary N) is 2. The first-order valence-electron chi connectivity index (χ1n) is 11.3. The van der Waals surface area contributed by atoms with E-state index in [-0.39, 0.29) is 24.0 Å². The Morgan fingerprint density at radius 2 is 1.90 bits per heavy atom. The molecular weight excluding hydrogens is 499 g/mol. The molecule has 0 aliphatic carbocycles. The second-order valence-corrected chi connectivity index (χ2v) is 8.41. The summed E-state index contributed by atoms with van der Waals surface area (Å²) in [4.78, 5) is 7.50. The van der Waals surface area contributed by atoms with E-state index in [4.69, 9.17) is 4.99 Å². The van der Waals surface area contributed by atoms with E-state index >= 15 is 0 Å². The second-order valence-electron chi connectivity index (χ2n) is 8.41. The standard InChI is InChI=1S/C24H38N6.HI/c1-6-25-24(27-16-23-19(3)28-29(5)20(23)4)26-15-21-12-7-8-13-22(21)17-30-14-10-9-11-18(30)2;/h7-8,12-13,18H,6,9-11,14-17H2,1-5H3,(H2,25,26,27);1H. The van der Waals surface area contributed by atoms with Gasteiger partial charge in [-0.2, -0.15) is 5.10 Å². The van der Waals surface area contributed by atoms with Crippen molar-refractivity contribution in [3.05, 3.63) is 52.3 Å². The predicted molar refractivity (Wildman–Crippen MR) is 140 cm³/mol. The van der Waals surface area contributed by atoms with Crippen LogP contribution in [0.5, 0.6) is 0 Å². The van der Waals surface area contributed by atoms with Crippen LogP contribution < -0.4 is 10.6 Å². The summed E-state index contributed by atoms with van der Waals surface area (Å²) in [6, 6.07) is 9.41. The number of rotatable bonds is 7. The minimum Gasteiger partial charge on any atom is -0.357 e. The highest BCUT2D eigenvalue weighted by molar-refractivity contribution is 14.0. The molecule has 1 aliphatic heterocycles. The van der Waals surface area contributed by atoms with Gasteiger partial charge in [-0.15, -0.1) is 24.0 Å². The molecule has 0 amide bonds. The average Bonchev–Trinajstić information content (AvgIpc) is 2.98. The highest BCUT2D eigenvalue weighted by atomic mass is 127. The lowest BCUT2D eigenvalue weighted by Gasteiger charge is -2.33.